The van der Waals surface area contributed by atoms with Crippen LogP contribution in [0.2, 0.25) is 0 Å². The van der Waals surface area contributed by atoms with Gasteiger partial charge in [0, 0.05) is 18.8 Å². The summed E-state index contributed by atoms with van der Waals surface area (Å²) in [7, 11) is 1.54. The van der Waals surface area contributed by atoms with Gasteiger partial charge < -0.3 is 14.8 Å². The number of benzene rings is 1. The number of carbonyl (C=O) groups is 2. The van der Waals surface area contributed by atoms with E-state index in [1.807, 2.05) is 30.3 Å². The van der Waals surface area contributed by atoms with Crippen LogP contribution in [0.4, 0.5) is 10.6 Å². The number of nitrogens with zero attached hydrogens (tertiary/aromatic N) is 2. The Hall–Kier alpha value is -3.09. The van der Waals surface area contributed by atoms with E-state index in [4.69, 9.17) is 9.47 Å². The van der Waals surface area contributed by atoms with E-state index >= 15 is 0 Å². The van der Waals surface area contributed by atoms with E-state index in [0.717, 1.165) is 12.0 Å². The molecule has 3 rings (SSSR count). The van der Waals surface area contributed by atoms with Crippen molar-refractivity contribution in [3.8, 4) is 5.75 Å². The normalized spacial score (nSPS) is 16.2. The lowest BCUT2D eigenvalue weighted by Gasteiger charge is -2.23. The molecule has 1 aliphatic rings. The second-order valence-electron chi connectivity index (χ2n) is 5.96. The fourth-order valence-corrected chi connectivity index (χ4v) is 2.88. The monoisotopic (exact) mass is 355 g/mol. The zero-order chi connectivity index (χ0) is 18.4. The molecule has 1 saturated heterocycles. The van der Waals surface area contributed by atoms with Gasteiger partial charge in [0.05, 0.1) is 7.11 Å². The lowest BCUT2D eigenvalue weighted by Crippen LogP contribution is -2.43. The van der Waals surface area contributed by atoms with Crippen molar-refractivity contribution in [1.82, 2.24) is 9.88 Å². The van der Waals surface area contributed by atoms with E-state index in [2.05, 4.69) is 10.3 Å². The Morgan fingerprint density at radius 1 is 1.27 bits per heavy atom. The number of anilines is 1. The second-order valence-corrected chi connectivity index (χ2v) is 5.96. The van der Waals surface area contributed by atoms with Gasteiger partial charge in [-0.25, -0.2) is 9.78 Å². The lowest BCUT2D eigenvalue weighted by molar-refractivity contribution is -0.120. The van der Waals surface area contributed by atoms with Gasteiger partial charge in [-0.2, -0.15) is 0 Å². The third kappa shape index (κ3) is 4.30. The minimum Gasteiger partial charge on any atom is -0.497 e. The summed E-state index contributed by atoms with van der Waals surface area (Å²) in [5.74, 6) is 0.708. The van der Waals surface area contributed by atoms with Crippen LogP contribution in [0.3, 0.4) is 0 Å². The van der Waals surface area contributed by atoms with Crippen LogP contribution < -0.4 is 10.1 Å². The molecule has 2 aromatic rings. The molecule has 1 unspecified atom stereocenters. The van der Waals surface area contributed by atoms with Gasteiger partial charge in [-0.3, -0.25) is 9.69 Å². The SMILES string of the molecule is COc1ccnc(NC(=O)C2CCCN2C(=O)OCc2ccccc2)c1. The Morgan fingerprint density at radius 3 is 2.85 bits per heavy atom. The van der Waals surface area contributed by atoms with Gasteiger partial charge in [0.1, 0.15) is 24.2 Å². The first kappa shape index (κ1) is 17.7. The maximum absolute atomic E-state index is 12.6. The smallest absolute Gasteiger partial charge is 0.410 e. The van der Waals surface area contributed by atoms with Gasteiger partial charge in [0.15, 0.2) is 0 Å². The fourth-order valence-electron chi connectivity index (χ4n) is 2.88. The van der Waals surface area contributed by atoms with Crippen LogP contribution >= 0.6 is 0 Å². The molecule has 7 nitrogen and oxygen atoms in total. The molecule has 2 heterocycles. The number of pyridine rings is 1. The van der Waals surface area contributed by atoms with Crippen LogP contribution in [0.5, 0.6) is 5.75 Å². The summed E-state index contributed by atoms with van der Waals surface area (Å²) in [5.41, 5.74) is 0.904. The molecule has 0 aliphatic carbocycles. The van der Waals surface area contributed by atoms with Gasteiger partial charge in [-0.05, 0) is 24.5 Å². The summed E-state index contributed by atoms with van der Waals surface area (Å²) in [4.78, 5) is 30.5. The van der Waals surface area contributed by atoms with Crippen LogP contribution in [0.25, 0.3) is 0 Å². The van der Waals surface area contributed by atoms with Gasteiger partial charge in [0.25, 0.3) is 0 Å². The van der Waals surface area contributed by atoms with E-state index in [9.17, 15) is 9.59 Å². The van der Waals surface area contributed by atoms with Gasteiger partial charge >= 0.3 is 6.09 Å². The third-order valence-electron chi connectivity index (χ3n) is 4.21. The predicted octanol–water partition coefficient (Wildman–Crippen LogP) is 2.83. The molecule has 136 valence electrons. The van der Waals surface area contributed by atoms with Crippen molar-refractivity contribution in [2.24, 2.45) is 0 Å². The first-order valence-corrected chi connectivity index (χ1v) is 8.45. The van der Waals surface area contributed by atoms with Crippen molar-refractivity contribution in [2.45, 2.75) is 25.5 Å². The topological polar surface area (TPSA) is 80.8 Å². The summed E-state index contributed by atoms with van der Waals surface area (Å²) in [6.07, 6.45) is 2.42. The summed E-state index contributed by atoms with van der Waals surface area (Å²) in [5, 5.41) is 2.74. The first-order valence-electron chi connectivity index (χ1n) is 8.45. The number of likely N-dealkylation sites (tertiary alicyclic amines) is 1. The Balaban J connectivity index is 1.59. The van der Waals surface area contributed by atoms with E-state index in [0.29, 0.717) is 24.5 Å². The number of hydrogen-bond donors (Lipinski definition) is 1. The third-order valence-corrected chi connectivity index (χ3v) is 4.21. The minimum atomic E-state index is -0.564. The number of nitrogens with one attached hydrogen (secondary N) is 1. The average molecular weight is 355 g/mol. The number of ether oxygens (including phenoxy) is 2. The number of amides is 2. The van der Waals surface area contributed by atoms with Gasteiger partial charge in [-0.15, -0.1) is 0 Å². The molecule has 0 saturated carbocycles. The molecule has 1 atom stereocenters. The molecule has 1 aliphatic heterocycles. The highest BCUT2D eigenvalue weighted by atomic mass is 16.6. The molecule has 1 N–H and O–H groups in total. The molecule has 1 fully saturated rings. The molecule has 1 aromatic heterocycles. The molecule has 0 spiro atoms. The Bertz CT molecular complexity index is 766. The largest absolute Gasteiger partial charge is 0.497 e. The molecule has 0 bridgehead atoms. The summed E-state index contributed by atoms with van der Waals surface area (Å²) < 4.78 is 10.5. The second kappa shape index (κ2) is 8.33. The maximum Gasteiger partial charge on any atom is 0.410 e. The number of methoxy groups -OCH3 is 1. The lowest BCUT2D eigenvalue weighted by atomic mass is 10.2. The van der Waals surface area contributed by atoms with Crippen LogP contribution in [-0.2, 0) is 16.1 Å². The van der Waals surface area contributed by atoms with Crippen molar-refractivity contribution >= 4 is 17.8 Å². The quantitative estimate of drug-likeness (QED) is 0.892. The minimum absolute atomic E-state index is 0.182. The van der Waals surface area contributed by atoms with E-state index in [1.165, 1.54) is 4.90 Å². The molecule has 1 aromatic carbocycles. The van der Waals surface area contributed by atoms with Crippen molar-refractivity contribution in [3.63, 3.8) is 0 Å². The van der Waals surface area contributed by atoms with Crippen molar-refractivity contribution in [3.05, 3.63) is 54.2 Å². The van der Waals surface area contributed by atoms with Gasteiger partial charge in [-0.1, -0.05) is 30.3 Å². The standard InChI is InChI=1S/C19H21N3O4/c1-25-15-9-10-20-17(12-15)21-18(23)16-8-5-11-22(16)19(24)26-13-14-6-3-2-4-7-14/h2-4,6-7,9-10,12,16H,5,8,11,13H2,1H3,(H,20,21,23). The predicted molar refractivity (Wildman–Crippen MR) is 95.8 cm³/mol. The summed E-state index contributed by atoms with van der Waals surface area (Å²) in [6, 6.07) is 12.2. The average Bonchev–Trinajstić information content (AvgIpc) is 3.17. The number of aromatic nitrogens is 1. The number of rotatable bonds is 5. The summed E-state index contributed by atoms with van der Waals surface area (Å²) >= 11 is 0. The Kier molecular flexibility index (Phi) is 5.68. The zero-order valence-corrected chi connectivity index (χ0v) is 14.6. The van der Waals surface area contributed by atoms with E-state index < -0.39 is 12.1 Å². The molecule has 0 radical (unpaired) electrons. The first-order chi connectivity index (χ1) is 12.7. The van der Waals surface area contributed by atoms with Crippen LogP contribution in [0, 0.1) is 0 Å². The van der Waals surface area contributed by atoms with Crippen LogP contribution in [0.1, 0.15) is 18.4 Å². The van der Waals surface area contributed by atoms with Crippen molar-refractivity contribution in [2.75, 3.05) is 19.0 Å². The molecule has 26 heavy (non-hydrogen) atoms. The molecular formula is C19H21N3O4. The van der Waals surface area contributed by atoms with Gasteiger partial charge in [0.2, 0.25) is 5.91 Å². The highest BCUT2D eigenvalue weighted by Crippen LogP contribution is 2.21. The van der Waals surface area contributed by atoms with E-state index in [1.54, 1.807) is 25.4 Å². The van der Waals surface area contributed by atoms with Crippen molar-refractivity contribution < 1.29 is 19.1 Å². The highest BCUT2D eigenvalue weighted by Gasteiger charge is 2.35. The number of carbonyl (C=O) groups excluding carboxylic acids is 2. The molecule has 7 heteroatoms. The van der Waals surface area contributed by atoms with Crippen LogP contribution in [-0.4, -0.2) is 41.6 Å². The van der Waals surface area contributed by atoms with E-state index in [-0.39, 0.29) is 12.5 Å². The zero-order valence-electron chi connectivity index (χ0n) is 14.6. The summed E-state index contributed by atoms with van der Waals surface area (Å²) in [6.45, 7) is 0.680. The molecule has 2 amide bonds. The fraction of sp³-hybridized carbons (Fsp3) is 0.316. The molecular weight excluding hydrogens is 334 g/mol. The maximum atomic E-state index is 12.6. The highest BCUT2D eigenvalue weighted by molar-refractivity contribution is 5.96. The number of hydrogen-bond acceptors (Lipinski definition) is 5. The van der Waals surface area contributed by atoms with Crippen LogP contribution in [0.15, 0.2) is 48.7 Å². The van der Waals surface area contributed by atoms with Crippen molar-refractivity contribution in [1.29, 1.82) is 0 Å². The Labute approximate surface area is 151 Å². The Morgan fingerprint density at radius 2 is 2.08 bits per heavy atom.